The molecule has 0 aliphatic carbocycles. The zero-order chi connectivity index (χ0) is 18.7. The number of furan rings is 1. The van der Waals surface area contributed by atoms with Crippen molar-refractivity contribution in [3.05, 3.63) is 53.6 Å². The number of hydrogen-bond acceptors (Lipinski definition) is 5. The summed E-state index contributed by atoms with van der Waals surface area (Å²) in [6.07, 6.45) is 3.76. The number of carbonyl (C=O) groups excluding carboxylic acids is 1. The Hall–Kier alpha value is -1.86. The second-order valence-electron chi connectivity index (χ2n) is 7.28. The number of nitrogens with one attached hydrogen (secondary N) is 2. The van der Waals surface area contributed by atoms with Crippen molar-refractivity contribution in [2.45, 2.75) is 19.8 Å². The molecule has 3 aromatic rings. The number of piperidine rings is 1. The molecule has 1 aliphatic heterocycles. The van der Waals surface area contributed by atoms with Gasteiger partial charge in [-0.3, -0.25) is 4.79 Å². The minimum Gasteiger partial charge on any atom is -0.462 e. The number of thiazole rings is 1. The van der Waals surface area contributed by atoms with Crippen molar-refractivity contribution in [3.63, 3.8) is 0 Å². The van der Waals surface area contributed by atoms with E-state index >= 15 is 0 Å². The summed E-state index contributed by atoms with van der Waals surface area (Å²) in [6.45, 7) is 4.93. The highest BCUT2D eigenvalue weighted by Gasteiger charge is 2.28. The van der Waals surface area contributed by atoms with Crippen molar-refractivity contribution in [1.29, 1.82) is 0 Å². The molecule has 2 aromatic heterocycles. The van der Waals surface area contributed by atoms with Gasteiger partial charge in [0.25, 0.3) is 5.91 Å². The van der Waals surface area contributed by atoms with Gasteiger partial charge in [-0.15, -0.1) is 36.2 Å². The molecule has 0 spiro atoms. The first kappa shape index (κ1) is 23.4. The van der Waals surface area contributed by atoms with Crippen LogP contribution in [-0.2, 0) is 0 Å². The van der Waals surface area contributed by atoms with E-state index in [0.29, 0.717) is 22.9 Å². The number of benzene rings is 1. The Kier molecular flexibility index (Phi) is 8.28. The number of carbonyl (C=O) groups is 1. The number of rotatable bonds is 5. The maximum atomic E-state index is 13.0. The molecular formula is C21H25Cl2N3O2S. The van der Waals surface area contributed by atoms with E-state index in [1.165, 1.54) is 11.3 Å². The first-order valence-electron chi connectivity index (χ1n) is 9.24. The van der Waals surface area contributed by atoms with Crippen LogP contribution >= 0.6 is 36.2 Å². The van der Waals surface area contributed by atoms with Crippen molar-refractivity contribution >= 4 is 42.1 Å². The normalized spacial score (nSPS) is 15.1. The molecule has 29 heavy (non-hydrogen) atoms. The highest BCUT2D eigenvalue weighted by molar-refractivity contribution is 7.17. The van der Waals surface area contributed by atoms with Gasteiger partial charge in [0.15, 0.2) is 10.8 Å². The van der Waals surface area contributed by atoms with Crippen molar-refractivity contribution in [2.24, 2.45) is 5.41 Å². The topological polar surface area (TPSA) is 67.2 Å². The first-order valence-corrected chi connectivity index (χ1v) is 10.1. The minimum atomic E-state index is -0.0658. The average molecular weight is 454 g/mol. The van der Waals surface area contributed by atoms with E-state index in [0.717, 1.165) is 36.5 Å². The Morgan fingerprint density at radius 3 is 2.55 bits per heavy atom. The van der Waals surface area contributed by atoms with E-state index in [1.54, 1.807) is 6.26 Å². The third-order valence-corrected chi connectivity index (χ3v) is 6.17. The molecule has 0 bridgehead atoms. The summed E-state index contributed by atoms with van der Waals surface area (Å²) in [5.74, 6) is 0.616. The van der Waals surface area contributed by atoms with Crippen LogP contribution in [0.3, 0.4) is 0 Å². The summed E-state index contributed by atoms with van der Waals surface area (Å²) in [7, 11) is 0. The Morgan fingerprint density at radius 1 is 1.17 bits per heavy atom. The summed E-state index contributed by atoms with van der Waals surface area (Å²) in [5, 5.41) is 7.25. The monoisotopic (exact) mass is 453 g/mol. The van der Waals surface area contributed by atoms with Gasteiger partial charge in [0.05, 0.1) is 12.0 Å². The second-order valence-corrected chi connectivity index (χ2v) is 8.28. The SMILES string of the molecule is CC1(CNC(=O)c2sc(-c3ccco3)nc2-c2ccccc2)CCNCC1.Cl.Cl. The maximum Gasteiger partial charge on any atom is 0.263 e. The molecule has 4 rings (SSSR count). The van der Waals surface area contributed by atoms with Crippen molar-refractivity contribution in [3.8, 4) is 22.0 Å². The summed E-state index contributed by atoms with van der Waals surface area (Å²) in [4.78, 5) is 18.4. The van der Waals surface area contributed by atoms with E-state index in [9.17, 15) is 4.79 Å². The van der Waals surface area contributed by atoms with Crippen LogP contribution in [0, 0.1) is 5.41 Å². The van der Waals surface area contributed by atoms with Gasteiger partial charge in [-0.1, -0.05) is 37.3 Å². The number of nitrogens with zero attached hydrogens (tertiary/aromatic N) is 1. The predicted molar refractivity (Wildman–Crippen MR) is 122 cm³/mol. The highest BCUT2D eigenvalue weighted by Crippen LogP contribution is 2.34. The molecule has 8 heteroatoms. The number of halogens is 2. The fraction of sp³-hybridized carbons (Fsp3) is 0.333. The van der Waals surface area contributed by atoms with E-state index in [1.807, 2.05) is 42.5 Å². The molecule has 1 aromatic carbocycles. The van der Waals surface area contributed by atoms with E-state index in [2.05, 4.69) is 17.6 Å². The molecule has 3 heterocycles. The van der Waals surface area contributed by atoms with Crippen LogP contribution in [0.25, 0.3) is 22.0 Å². The lowest BCUT2D eigenvalue weighted by Gasteiger charge is -2.34. The van der Waals surface area contributed by atoms with E-state index in [4.69, 9.17) is 9.40 Å². The van der Waals surface area contributed by atoms with E-state index < -0.39 is 0 Å². The predicted octanol–water partition coefficient (Wildman–Crippen LogP) is 5.03. The molecule has 0 radical (unpaired) electrons. The third kappa shape index (κ3) is 5.39. The summed E-state index contributed by atoms with van der Waals surface area (Å²) in [6, 6.07) is 13.5. The summed E-state index contributed by atoms with van der Waals surface area (Å²) in [5.41, 5.74) is 1.78. The molecule has 156 valence electrons. The van der Waals surface area contributed by atoms with Crippen LogP contribution in [0.1, 0.15) is 29.4 Å². The van der Waals surface area contributed by atoms with Crippen molar-refractivity contribution in [1.82, 2.24) is 15.6 Å². The van der Waals surface area contributed by atoms with Gasteiger partial charge >= 0.3 is 0 Å². The minimum absolute atomic E-state index is 0. The largest absolute Gasteiger partial charge is 0.462 e. The standard InChI is InChI=1S/C21H23N3O2S.2ClH/c1-21(9-11-22-12-10-21)14-23-19(25)18-17(15-6-3-2-4-7-15)24-20(27-18)16-8-5-13-26-16;;/h2-8,13,22H,9-12,14H2,1H3,(H,23,25);2*1H. The molecule has 1 aliphatic rings. The third-order valence-electron chi connectivity index (χ3n) is 5.10. The fourth-order valence-electron chi connectivity index (χ4n) is 3.35. The lowest BCUT2D eigenvalue weighted by molar-refractivity contribution is 0.0927. The van der Waals surface area contributed by atoms with Crippen LogP contribution in [0.4, 0.5) is 0 Å². The molecule has 0 unspecified atom stereocenters. The second kappa shape index (κ2) is 10.3. The van der Waals surface area contributed by atoms with E-state index in [-0.39, 0.29) is 36.1 Å². The van der Waals surface area contributed by atoms with Crippen LogP contribution in [0.5, 0.6) is 0 Å². The Bertz CT molecular complexity index is 907. The summed E-state index contributed by atoms with van der Waals surface area (Å²) >= 11 is 1.38. The Balaban J connectivity index is 0.00000150. The van der Waals surface area contributed by atoms with Crippen molar-refractivity contribution < 1.29 is 9.21 Å². The van der Waals surface area contributed by atoms with Crippen LogP contribution in [0.15, 0.2) is 53.1 Å². The van der Waals surface area contributed by atoms with Crippen LogP contribution in [0.2, 0.25) is 0 Å². The lowest BCUT2D eigenvalue weighted by atomic mass is 9.81. The first-order chi connectivity index (χ1) is 13.1. The molecule has 0 atom stereocenters. The van der Waals surface area contributed by atoms with Crippen LogP contribution in [-0.4, -0.2) is 30.5 Å². The van der Waals surface area contributed by atoms with Gasteiger partial charge < -0.3 is 15.1 Å². The molecule has 1 amide bonds. The molecule has 5 nitrogen and oxygen atoms in total. The van der Waals surface area contributed by atoms with Gasteiger partial charge in [-0.05, 0) is 43.5 Å². The zero-order valence-electron chi connectivity index (χ0n) is 16.1. The van der Waals surface area contributed by atoms with Gasteiger partial charge in [0, 0.05) is 12.1 Å². The van der Waals surface area contributed by atoms with Gasteiger partial charge in [-0.25, -0.2) is 4.98 Å². The Morgan fingerprint density at radius 2 is 1.90 bits per heavy atom. The van der Waals surface area contributed by atoms with Gasteiger partial charge in [0.1, 0.15) is 4.88 Å². The lowest BCUT2D eigenvalue weighted by Crippen LogP contribution is -2.42. The highest BCUT2D eigenvalue weighted by atomic mass is 35.5. The smallest absolute Gasteiger partial charge is 0.263 e. The number of aromatic nitrogens is 1. The van der Waals surface area contributed by atoms with Gasteiger partial charge in [-0.2, -0.15) is 0 Å². The zero-order valence-corrected chi connectivity index (χ0v) is 18.6. The Labute approximate surface area is 187 Å². The molecule has 2 N–H and O–H groups in total. The molecule has 1 saturated heterocycles. The quantitative estimate of drug-likeness (QED) is 0.567. The molecule has 1 fully saturated rings. The number of amides is 1. The average Bonchev–Trinajstić information content (AvgIpc) is 3.37. The van der Waals surface area contributed by atoms with Gasteiger partial charge in [0.2, 0.25) is 0 Å². The van der Waals surface area contributed by atoms with Crippen LogP contribution < -0.4 is 10.6 Å². The molecular weight excluding hydrogens is 429 g/mol. The maximum absolute atomic E-state index is 13.0. The fourth-order valence-corrected chi connectivity index (χ4v) is 4.32. The number of hydrogen-bond donors (Lipinski definition) is 2. The van der Waals surface area contributed by atoms with Crippen molar-refractivity contribution in [2.75, 3.05) is 19.6 Å². The summed E-state index contributed by atoms with van der Waals surface area (Å²) < 4.78 is 5.48. The molecule has 0 saturated carbocycles.